The molecule has 0 saturated carbocycles. The number of carboxylic acid groups (broad SMARTS) is 1. The third-order valence-corrected chi connectivity index (χ3v) is 6.33. The minimum absolute atomic E-state index is 0.0809. The van der Waals surface area contributed by atoms with E-state index in [1.165, 1.54) is 0 Å². The molecule has 5 rings (SSSR count). The molecule has 0 fully saturated rings. The average Bonchev–Trinajstić information content (AvgIpc) is 3.02. The van der Waals surface area contributed by atoms with Gasteiger partial charge in [0.15, 0.2) is 0 Å². The Hall–Kier alpha value is -5.55. The maximum atomic E-state index is 11.1. The van der Waals surface area contributed by atoms with Crippen molar-refractivity contribution in [2.45, 2.75) is 0 Å². The molecule has 0 spiro atoms. The molecule has 5 nitrogen and oxygen atoms in total. The van der Waals surface area contributed by atoms with Crippen LogP contribution in [0.2, 0.25) is 0 Å². The van der Waals surface area contributed by atoms with Gasteiger partial charge in [0, 0.05) is 35.5 Å². The predicted molar refractivity (Wildman–Crippen MR) is 163 cm³/mol. The Labute approximate surface area is 233 Å². The fourth-order valence-corrected chi connectivity index (χ4v) is 4.18. The minimum atomic E-state index is -1.02. The molecule has 0 saturated heterocycles. The van der Waals surface area contributed by atoms with Crippen LogP contribution in [0.5, 0.6) is 0 Å². The summed E-state index contributed by atoms with van der Waals surface area (Å²) in [6, 6.07) is 37.5. The molecule has 5 aromatic rings. The normalized spacial score (nSPS) is 10.7. The number of benzene rings is 3. The van der Waals surface area contributed by atoms with Gasteiger partial charge in [0.1, 0.15) is 0 Å². The standard InChI is InChI=1S/C35H27N3O2/c1-26(35(39)40)29-19-15-27(16-20-29)13-14-28-17-21-31(22-18-28)38(30-9-3-2-4-10-30)25-32(33-11-5-7-23-36-33)34-12-6-8-24-37-34/h2-25H,1H2,(H,39,40). The van der Waals surface area contributed by atoms with Gasteiger partial charge in [0.05, 0.1) is 17.0 Å². The first-order valence-corrected chi connectivity index (χ1v) is 12.8. The van der Waals surface area contributed by atoms with E-state index in [1.54, 1.807) is 24.5 Å². The summed E-state index contributed by atoms with van der Waals surface area (Å²) in [6.45, 7) is 3.61. The Balaban J connectivity index is 1.46. The number of rotatable bonds is 9. The topological polar surface area (TPSA) is 66.3 Å². The second-order valence-electron chi connectivity index (χ2n) is 9.01. The Morgan fingerprint density at radius 3 is 1.65 bits per heavy atom. The van der Waals surface area contributed by atoms with Crippen molar-refractivity contribution in [3.8, 4) is 0 Å². The number of aromatic nitrogens is 2. The van der Waals surface area contributed by atoms with Gasteiger partial charge in [0.25, 0.3) is 0 Å². The first kappa shape index (κ1) is 26.1. The average molecular weight is 522 g/mol. The number of para-hydroxylation sites is 1. The Morgan fingerprint density at radius 1 is 0.650 bits per heavy atom. The monoisotopic (exact) mass is 521 g/mol. The highest BCUT2D eigenvalue weighted by molar-refractivity contribution is 6.14. The lowest BCUT2D eigenvalue weighted by molar-refractivity contribution is -0.130. The van der Waals surface area contributed by atoms with Gasteiger partial charge in [-0.3, -0.25) is 9.97 Å². The van der Waals surface area contributed by atoms with Crippen LogP contribution in [0.4, 0.5) is 11.4 Å². The predicted octanol–water partition coefficient (Wildman–Crippen LogP) is 7.97. The van der Waals surface area contributed by atoms with E-state index in [0.717, 1.165) is 39.5 Å². The summed E-state index contributed by atoms with van der Waals surface area (Å²) in [5.74, 6) is -1.02. The first-order valence-electron chi connectivity index (χ1n) is 12.8. The number of carboxylic acids is 1. The zero-order chi connectivity index (χ0) is 27.7. The minimum Gasteiger partial charge on any atom is -0.478 e. The molecule has 0 aliphatic carbocycles. The molecular weight excluding hydrogens is 494 g/mol. The van der Waals surface area contributed by atoms with E-state index in [1.807, 2.05) is 78.9 Å². The van der Waals surface area contributed by atoms with Gasteiger partial charge in [0.2, 0.25) is 0 Å². The highest BCUT2D eigenvalue weighted by Crippen LogP contribution is 2.30. The molecule has 0 radical (unpaired) electrons. The Kier molecular flexibility index (Phi) is 8.04. The van der Waals surface area contributed by atoms with E-state index in [2.05, 4.69) is 64.0 Å². The highest BCUT2D eigenvalue weighted by atomic mass is 16.4. The number of anilines is 2. The van der Waals surface area contributed by atoms with E-state index in [0.29, 0.717) is 5.56 Å². The number of hydrogen-bond donors (Lipinski definition) is 1. The molecule has 2 aromatic heterocycles. The zero-order valence-corrected chi connectivity index (χ0v) is 21.8. The SMILES string of the molecule is C=C(C(=O)O)c1ccc(C=Cc2ccc(N(C=C(c3ccccn3)c3ccccn3)c3ccccc3)cc2)cc1. The van der Waals surface area contributed by atoms with E-state index in [4.69, 9.17) is 5.11 Å². The molecule has 0 atom stereocenters. The number of carbonyl (C=O) groups is 1. The van der Waals surface area contributed by atoms with Gasteiger partial charge < -0.3 is 10.0 Å². The molecule has 1 N–H and O–H groups in total. The second kappa shape index (κ2) is 12.3. The summed E-state index contributed by atoms with van der Waals surface area (Å²) in [5.41, 5.74) is 7.26. The lowest BCUT2D eigenvalue weighted by atomic mass is 10.0. The van der Waals surface area contributed by atoms with E-state index in [-0.39, 0.29) is 5.57 Å². The van der Waals surface area contributed by atoms with Crippen LogP contribution in [0, 0.1) is 0 Å². The van der Waals surface area contributed by atoms with Crippen molar-refractivity contribution in [1.82, 2.24) is 9.97 Å². The quantitative estimate of drug-likeness (QED) is 0.157. The Morgan fingerprint density at radius 2 is 1.15 bits per heavy atom. The summed E-state index contributed by atoms with van der Waals surface area (Å²) in [5, 5.41) is 9.13. The van der Waals surface area contributed by atoms with Crippen molar-refractivity contribution in [1.29, 1.82) is 0 Å². The van der Waals surface area contributed by atoms with Crippen molar-refractivity contribution in [2.75, 3.05) is 4.90 Å². The number of aliphatic carboxylic acids is 1. The smallest absolute Gasteiger partial charge is 0.335 e. The number of pyridine rings is 2. The molecule has 2 heterocycles. The van der Waals surface area contributed by atoms with Crippen LogP contribution in [0.15, 0.2) is 140 Å². The second-order valence-corrected chi connectivity index (χ2v) is 9.01. The summed E-state index contributed by atoms with van der Waals surface area (Å²) in [6.07, 6.45) is 9.68. The van der Waals surface area contributed by atoms with Gasteiger partial charge in [-0.05, 0) is 65.2 Å². The highest BCUT2D eigenvalue weighted by Gasteiger charge is 2.13. The van der Waals surface area contributed by atoms with E-state index < -0.39 is 5.97 Å². The van der Waals surface area contributed by atoms with Crippen molar-refractivity contribution >= 4 is 40.6 Å². The third kappa shape index (κ3) is 6.29. The van der Waals surface area contributed by atoms with Crippen LogP contribution in [0.25, 0.3) is 23.3 Å². The van der Waals surface area contributed by atoms with Gasteiger partial charge in [-0.15, -0.1) is 0 Å². The van der Waals surface area contributed by atoms with Crippen molar-refractivity contribution < 1.29 is 9.90 Å². The summed E-state index contributed by atoms with van der Waals surface area (Å²) in [4.78, 5) is 22.5. The third-order valence-electron chi connectivity index (χ3n) is 6.33. The summed E-state index contributed by atoms with van der Waals surface area (Å²) in [7, 11) is 0. The molecule has 194 valence electrons. The molecule has 3 aromatic carbocycles. The van der Waals surface area contributed by atoms with Gasteiger partial charge in [-0.1, -0.05) is 85.5 Å². The zero-order valence-electron chi connectivity index (χ0n) is 21.8. The molecule has 40 heavy (non-hydrogen) atoms. The van der Waals surface area contributed by atoms with Crippen LogP contribution in [0.1, 0.15) is 28.1 Å². The van der Waals surface area contributed by atoms with Crippen LogP contribution in [0.3, 0.4) is 0 Å². The van der Waals surface area contributed by atoms with Gasteiger partial charge in [-0.25, -0.2) is 4.79 Å². The fourth-order valence-electron chi connectivity index (χ4n) is 4.18. The molecule has 0 unspecified atom stereocenters. The maximum absolute atomic E-state index is 11.1. The molecule has 0 bridgehead atoms. The van der Waals surface area contributed by atoms with Gasteiger partial charge >= 0.3 is 5.97 Å². The maximum Gasteiger partial charge on any atom is 0.335 e. The van der Waals surface area contributed by atoms with Gasteiger partial charge in [-0.2, -0.15) is 0 Å². The van der Waals surface area contributed by atoms with E-state index in [9.17, 15) is 4.79 Å². The number of hydrogen-bond acceptors (Lipinski definition) is 4. The molecular formula is C35H27N3O2. The summed E-state index contributed by atoms with van der Waals surface area (Å²) >= 11 is 0. The largest absolute Gasteiger partial charge is 0.478 e. The number of nitrogens with zero attached hydrogens (tertiary/aromatic N) is 3. The lowest BCUT2D eigenvalue weighted by Crippen LogP contribution is -2.11. The summed E-state index contributed by atoms with van der Waals surface area (Å²) < 4.78 is 0. The fraction of sp³-hybridized carbons (Fsp3) is 0. The molecule has 0 aliphatic heterocycles. The lowest BCUT2D eigenvalue weighted by Gasteiger charge is -2.23. The first-order chi connectivity index (χ1) is 19.6. The molecule has 5 heteroatoms. The molecule has 0 aliphatic rings. The Bertz CT molecular complexity index is 1600. The van der Waals surface area contributed by atoms with Crippen LogP contribution in [-0.4, -0.2) is 21.0 Å². The van der Waals surface area contributed by atoms with Crippen molar-refractivity contribution in [2.24, 2.45) is 0 Å². The van der Waals surface area contributed by atoms with E-state index >= 15 is 0 Å². The van der Waals surface area contributed by atoms with Crippen LogP contribution >= 0.6 is 0 Å². The molecule has 0 amide bonds. The van der Waals surface area contributed by atoms with Crippen molar-refractivity contribution in [3.05, 3.63) is 169 Å². The van der Waals surface area contributed by atoms with Crippen molar-refractivity contribution in [3.63, 3.8) is 0 Å². The van der Waals surface area contributed by atoms with Crippen LogP contribution in [-0.2, 0) is 4.79 Å². The van der Waals surface area contributed by atoms with Crippen LogP contribution < -0.4 is 4.90 Å².